The number of rotatable bonds is 3. The maximum absolute atomic E-state index is 10.1. The van der Waals surface area contributed by atoms with Gasteiger partial charge in [0, 0.05) is 12.0 Å². The predicted molar refractivity (Wildman–Crippen MR) is 63.2 cm³/mol. The van der Waals surface area contributed by atoms with E-state index in [1.54, 1.807) is 0 Å². The Morgan fingerprint density at radius 3 is 2.59 bits per heavy atom. The van der Waals surface area contributed by atoms with Gasteiger partial charge in [-0.25, -0.2) is 0 Å². The molecular formula is C13H21NO3. The van der Waals surface area contributed by atoms with Gasteiger partial charge in [0.05, 0.1) is 18.3 Å². The molecular weight excluding hydrogens is 218 g/mol. The number of aliphatic hydroxyl groups is 1. The van der Waals surface area contributed by atoms with Gasteiger partial charge in [0.1, 0.15) is 0 Å². The number of nitrogens with two attached hydrogens (primary N) is 1. The zero-order chi connectivity index (χ0) is 11.8. The molecule has 3 rings (SSSR count). The van der Waals surface area contributed by atoms with Crippen LogP contribution in [0.5, 0.6) is 0 Å². The first kappa shape index (κ1) is 11.7. The zero-order valence-corrected chi connectivity index (χ0v) is 10.00. The van der Waals surface area contributed by atoms with Crippen LogP contribution in [0.4, 0.5) is 0 Å². The summed E-state index contributed by atoms with van der Waals surface area (Å²) in [5, 5.41) is 10.1. The van der Waals surface area contributed by atoms with E-state index in [4.69, 9.17) is 15.2 Å². The second-order valence-electron chi connectivity index (χ2n) is 5.49. The van der Waals surface area contributed by atoms with E-state index in [1.165, 1.54) is 0 Å². The Morgan fingerprint density at radius 2 is 2.00 bits per heavy atom. The summed E-state index contributed by atoms with van der Waals surface area (Å²) in [4.78, 5) is 0. The van der Waals surface area contributed by atoms with Crippen molar-refractivity contribution in [1.29, 1.82) is 0 Å². The molecule has 17 heavy (non-hydrogen) atoms. The van der Waals surface area contributed by atoms with E-state index in [0.29, 0.717) is 6.04 Å². The van der Waals surface area contributed by atoms with Crippen molar-refractivity contribution in [2.75, 3.05) is 0 Å². The van der Waals surface area contributed by atoms with Crippen LogP contribution in [0, 0.1) is 5.92 Å². The van der Waals surface area contributed by atoms with E-state index < -0.39 is 6.29 Å². The summed E-state index contributed by atoms with van der Waals surface area (Å²) in [5.74, 6) is 0.112. The summed E-state index contributed by atoms with van der Waals surface area (Å²) in [6.07, 6.45) is 8.69. The minimum atomic E-state index is -0.686. The van der Waals surface area contributed by atoms with Crippen LogP contribution >= 0.6 is 0 Å². The van der Waals surface area contributed by atoms with Crippen LogP contribution in [0.2, 0.25) is 0 Å². The monoisotopic (exact) mass is 239 g/mol. The topological polar surface area (TPSA) is 64.7 Å². The van der Waals surface area contributed by atoms with E-state index in [9.17, 15) is 5.11 Å². The summed E-state index contributed by atoms with van der Waals surface area (Å²) in [6, 6.07) is 0.320. The van der Waals surface area contributed by atoms with Gasteiger partial charge in [0.25, 0.3) is 0 Å². The molecule has 0 amide bonds. The minimum Gasteiger partial charge on any atom is -0.368 e. The Kier molecular flexibility index (Phi) is 3.21. The van der Waals surface area contributed by atoms with Crippen molar-refractivity contribution in [3.8, 4) is 0 Å². The number of ether oxygens (including phenoxy) is 2. The smallest absolute Gasteiger partial charge is 0.160 e. The van der Waals surface area contributed by atoms with Gasteiger partial charge in [-0.2, -0.15) is 0 Å². The van der Waals surface area contributed by atoms with Gasteiger partial charge in [-0.3, -0.25) is 0 Å². The molecule has 2 bridgehead atoms. The lowest BCUT2D eigenvalue weighted by molar-refractivity contribution is -0.177. The maximum atomic E-state index is 10.1. The predicted octanol–water partition coefficient (Wildman–Crippen LogP) is 0.935. The lowest BCUT2D eigenvalue weighted by Crippen LogP contribution is -2.37. The molecule has 0 aromatic carbocycles. The summed E-state index contributed by atoms with van der Waals surface area (Å²) < 4.78 is 11.4. The van der Waals surface area contributed by atoms with Crippen molar-refractivity contribution in [2.45, 2.75) is 62.7 Å². The van der Waals surface area contributed by atoms with Gasteiger partial charge < -0.3 is 20.3 Å². The number of fused-ring (bicyclic) bond motifs is 2. The highest BCUT2D eigenvalue weighted by molar-refractivity contribution is 5.11. The Bertz CT molecular complexity index is 299. The van der Waals surface area contributed by atoms with E-state index in [0.717, 1.165) is 32.1 Å². The lowest BCUT2D eigenvalue weighted by atomic mass is 9.92. The van der Waals surface area contributed by atoms with Gasteiger partial charge in [-0.05, 0) is 32.1 Å². The van der Waals surface area contributed by atoms with Crippen molar-refractivity contribution in [3.05, 3.63) is 12.2 Å². The fraction of sp³-hybridized carbons (Fsp3) is 0.846. The van der Waals surface area contributed by atoms with Crippen LogP contribution in [0.25, 0.3) is 0 Å². The fourth-order valence-corrected chi connectivity index (χ4v) is 3.11. The normalized spacial score (nSPS) is 46.4. The van der Waals surface area contributed by atoms with Crippen LogP contribution in [0.3, 0.4) is 0 Å². The first-order valence-electron chi connectivity index (χ1n) is 6.65. The molecule has 4 atom stereocenters. The number of aliphatic hydroxyl groups excluding tert-OH is 1. The molecule has 4 nitrogen and oxygen atoms in total. The summed E-state index contributed by atoms with van der Waals surface area (Å²) >= 11 is 0. The number of hydrogen-bond donors (Lipinski definition) is 2. The highest BCUT2D eigenvalue weighted by atomic mass is 16.6. The molecule has 4 heteroatoms. The molecule has 4 unspecified atom stereocenters. The molecule has 2 fully saturated rings. The van der Waals surface area contributed by atoms with Crippen molar-refractivity contribution >= 4 is 0 Å². The Hall–Kier alpha value is -0.420. The van der Waals surface area contributed by atoms with Gasteiger partial charge in [0.15, 0.2) is 6.29 Å². The molecule has 0 aromatic rings. The minimum absolute atomic E-state index is 0.0563. The highest BCUT2D eigenvalue weighted by Gasteiger charge is 2.42. The third-order valence-corrected chi connectivity index (χ3v) is 4.19. The lowest BCUT2D eigenvalue weighted by Gasteiger charge is -2.31. The molecule has 1 aliphatic carbocycles. The largest absolute Gasteiger partial charge is 0.368 e. The zero-order valence-electron chi connectivity index (χ0n) is 10.00. The quantitative estimate of drug-likeness (QED) is 0.568. The van der Waals surface area contributed by atoms with E-state index in [2.05, 4.69) is 6.08 Å². The average molecular weight is 239 g/mol. The highest BCUT2D eigenvalue weighted by Crippen LogP contribution is 2.37. The summed E-state index contributed by atoms with van der Waals surface area (Å²) in [6.45, 7) is 0. The van der Waals surface area contributed by atoms with Gasteiger partial charge >= 0.3 is 0 Å². The second kappa shape index (κ2) is 4.69. The van der Waals surface area contributed by atoms with E-state index >= 15 is 0 Å². The molecule has 3 N–H and O–H groups in total. The van der Waals surface area contributed by atoms with Gasteiger partial charge in [-0.1, -0.05) is 12.2 Å². The summed E-state index contributed by atoms with van der Waals surface area (Å²) in [5.41, 5.74) is 5.85. The van der Waals surface area contributed by atoms with E-state index in [-0.39, 0.29) is 24.2 Å². The van der Waals surface area contributed by atoms with Crippen molar-refractivity contribution in [1.82, 2.24) is 0 Å². The van der Waals surface area contributed by atoms with Crippen LogP contribution in [-0.4, -0.2) is 35.8 Å². The molecule has 0 aromatic heterocycles. The third kappa shape index (κ3) is 2.40. The SMILES string of the molecule is NC1CCC(OC(O)C2CC3C=CC2O3)CC1. The van der Waals surface area contributed by atoms with Gasteiger partial charge in [0.2, 0.25) is 0 Å². The van der Waals surface area contributed by atoms with Crippen LogP contribution in [0.15, 0.2) is 12.2 Å². The maximum Gasteiger partial charge on any atom is 0.160 e. The van der Waals surface area contributed by atoms with Crippen LogP contribution in [0.1, 0.15) is 32.1 Å². The molecule has 1 saturated heterocycles. The Morgan fingerprint density at radius 1 is 1.24 bits per heavy atom. The first-order valence-corrected chi connectivity index (χ1v) is 6.65. The van der Waals surface area contributed by atoms with Gasteiger partial charge in [-0.15, -0.1) is 0 Å². The van der Waals surface area contributed by atoms with Crippen LogP contribution in [-0.2, 0) is 9.47 Å². The Balaban J connectivity index is 1.50. The molecule has 2 heterocycles. The molecule has 0 radical (unpaired) electrons. The van der Waals surface area contributed by atoms with Crippen LogP contribution < -0.4 is 5.73 Å². The third-order valence-electron chi connectivity index (χ3n) is 4.19. The van der Waals surface area contributed by atoms with Crippen molar-refractivity contribution in [3.63, 3.8) is 0 Å². The molecule has 0 spiro atoms. The molecule has 3 aliphatic rings. The fourth-order valence-electron chi connectivity index (χ4n) is 3.11. The molecule has 2 aliphatic heterocycles. The van der Waals surface area contributed by atoms with Crippen molar-refractivity contribution < 1.29 is 14.6 Å². The average Bonchev–Trinajstić information content (AvgIpc) is 2.94. The summed E-state index contributed by atoms with van der Waals surface area (Å²) in [7, 11) is 0. The first-order chi connectivity index (χ1) is 8.22. The molecule has 1 saturated carbocycles. The van der Waals surface area contributed by atoms with Crippen molar-refractivity contribution in [2.24, 2.45) is 11.7 Å². The van der Waals surface area contributed by atoms with E-state index in [1.807, 2.05) is 6.08 Å². The Labute approximate surface area is 102 Å². The molecule has 96 valence electrons. The number of hydrogen-bond acceptors (Lipinski definition) is 4. The standard InChI is InChI=1S/C13H21NO3/c14-8-1-3-9(4-2-8)17-13(15)11-7-10-5-6-12(11)16-10/h5-6,8-13,15H,1-4,7,14H2. The second-order valence-corrected chi connectivity index (χ2v) is 5.49.